The fourth-order valence-electron chi connectivity index (χ4n) is 2.19. The minimum absolute atomic E-state index is 0.195. The average Bonchev–Trinajstić information content (AvgIpc) is 2.32. The minimum Gasteiger partial charge on any atom is -0.394 e. The van der Waals surface area contributed by atoms with Crippen molar-refractivity contribution in [2.45, 2.75) is 25.3 Å². The maximum atomic E-state index is 9.35. The Balaban J connectivity index is 2.23. The molecule has 88 valence electrons. The standard InChI is InChI=1S/C12H15Cl2NO/c13-11-5-4-9(7-12(11)14)15-6-2-1-3-10(15)8-16/h4-5,7,10,16H,1-3,6,8H2. The van der Waals surface area contributed by atoms with Gasteiger partial charge in [0.1, 0.15) is 0 Å². The van der Waals surface area contributed by atoms with E-state index in [0.29, 0.717) is 10.0 Å². The van der Waals surface area contributed by atoms with E-state index in [1.807, 2.05) is 18.2 Å². The SMILES string of the molecule is OCC1CCCCN1c1ccc(Cl)c(Cl)c1. The molecule has 1 atom stereocenters. The van der Waals surface area contributed by atoms with E-state index in [2.05, 4.69) is 4.90 Å². The van der Waals surface area contributed by atoms with Gasteiger partial charge in [-0.3, -0.25) is 0 Å². The van der Waals surface area contributed by atoms with Crippen LogP contribution in [0.15, 0.2) is 18.2 Å². The summed E-state index contributed by atoms with van der Waals surface area (Å²) in [6.07, 6.45) is 3.39. The highest BCUT2D eigenvalue weighted by molar-refractivity contribution is 6.42. The van der Waals surface area contributed by atoms with Crippen molar-refractivity contribution in [1.82, 2.24) is 0 Å². The molecule has 1 N–H and O–H groups in total. The lowest BCUT2D eigenvalue weighted by atomic mass is 10.0. The quantitative estimate of drug-likeness (QED) is 0.881. The van der Waals surface area contributed by atoms with Gasteiger partial charge >= 0.3 is 0 Å². The van der Waals surface area contributed by atoms with Crippen LogP contribution in [0.3, 0.4) is 0 Å². The average molecular weight is 260 g/mol. The van der Waals surface area contributed by atoms with Crippen molar-refractivity contribution in [2.75, 3.05) is 18.1 Å². The van der Waals surface area contributed by atoms with Gasteiger partial charge in [0.15, 0.2) is 0 Å². The second-order valence-electron chi connectivity index (χ2n) is 4.12. The van der Waals surface area contributed by atoms with Crippen molar-refractivity contribution in [3.05, 3.63) is 28.2 Å². The van der Waals surface area contributed by atoms with E-state index in [9.17, 15) is 5.11 Å². The molecule has 0 spiro atoms. The van der Waals surface area contributed by atoms with Crippen LogP contribution < -0.4 is 4.90 Å². The van der Waals surface area contributed by atoms with E-state index in [1.54, 1.807) is 0 Å². The van der Waals surface area contributed by atoms with Gasteiger partial charge in [0.25, 0.3) is 0 Å². The Hall–Kier alpha value is -0.440. The Morgan fingerprint density at radius 1 is 1.25 bits per heavy atom. The van der Waals surface area contributed by atoms with Gasteiger partial charge in [0.05, 0.1) is 22.7 Å². The molecule has 0 saturated carbocycles. The van der Waals surface area contributed by atoms with E-state index < -0.39 is 0 Å². The second kappa shape index (κ2) is 5.26. The molecule has 1 heterocycles. The Morgan fingerprint density at radius 2 is 2.06 bits per heavy atom. The Morgan fingerprint density at radius 3 is 2.75 bits per heavy atom. The highest BCUT2D eigenvalue weighted by atomic mass is 35.5. The van der Waals surface area contributed by atoms with Crippen molar-refractivity contribution >= 4 is 28.9 Å². The van der Waals surface area contributed by atoms with Gasteiger partial charge < -0.3 is 10.0 Å². The van der Waals surface area contributed by atoms with Crippen LogP contribution >= 0.6 is 23.2 Å². The molecule has 1 saturated heterocycles. The third-order valence-corrected chi connectivity index (χ3v) is 3.81. The highest BCUT2D eigenvalue weighted by Gasteiger charge is 2.22. The molecule has 0 aromatic heterocycles. The lowest BCUT2D eigenvalue weighted by Gasteiger charge is -2.36. The predicted molar refractivity (Wildman–Crippen MR) is 68.5 cm³/mol. The lowest BCUT2D eigenvalue weighted by Crippen LogP contribution is -2.41. The minimum atomic E-state index is 0.195. The number of aliphatic hydroxyl groups is 1. The topological polar surface area (TPSA) is 23.5 Å². The van der Waals surface area contributed by atoms with Crippen molar-refractivity contribution in [3.8, 4) is 0 Å². The number of benzene rings is 1. The molecule has 0 radical (unpaired) electrons. The molecule has 1 unspecified atom stereocenters. The zero-order valence-electron chi connectivity index (χ0n) is 9.00. The van der Waals surface area contributed by atoms with Crippen LogP contribution in [0.1, 0.15) is 19.3 Å². The van der Waals surface area contributed by atoms with E-state index in [4.69, 9.17) is 23.2 Å². The van der Waals surface area contributed by atoms with Crippen LogP contribution in [-0.4, -0.2) is 24.3 Å². The monoisotopic (exact) mass is 259 g/mol. The van der Waals surface area contributed by atoms with Gasteiger partial charge in [-0.25, -0.2) is 0 Å². The molecular weight excluding hydrogens is 245 g/mol. The van der Waals surface area contributed by atoms with Crippen molar-refractivity contribution in [1.29, 1.82) is 0 Å². The van der Waals surface area contributed by atoms with Crippen LogP contribution in [-0.2, 0) is 0 Å². The fraction of sp³-hybridized carbons (Fsp3) is 0.500. The Bertz CT molecular complexity index is 370. The van der Waals surface area contributed by atoms with Crippen LogP contribution in [0.5, 0.6) is 0 Å². The highest BCUT2D eigenvalue weighted by Crippen LogP contribution is 2.30. The third kappa shape index (κ3) is 2.45. The van der Waals surface area contributed by atoms with Crippen LogP contribution in [0.2, 0.25) is 10.0 Å². The molecule has 1 aliphatic heterocycles. The normalized spacial score (nSPS) is 21.2. The van der Waals surface area contributed by atoms with Gasteiger partial charge in [-0.2, -0.15) is 0 Å². The summed E-state index contributed by atoms with van der Waals surface area (Å²) < 4.78 is 0. The van der Waals surface area contributed by atoms with Crippen LogP contribution in [0, 0.1) is 0 Å². The summed E-state index contributed by atoms with van der Waals surface area (Å²) >= 11 is 11.9. The molecule has 16 heavy (non-hydrogen) atoms. The van der Waals surface area contributed by atoms with E-state index in [0.717, 1.165) is 25.1 Å². The van der Waals surface area contributed by atoms with Gasteiger partial charge in [-0.1, -0.05) is 23.2 Å². The first kappa shape index (κ1) is 12.0. The summed E-state index contributed by atoms with van der Waals surface area (Å²) in [4.78, 5) is 2.21. The predicted octanol–water partition coefficient (Wildman–Crippen LogP) is 3.34. The maximum Gasteiger partial charge on any atom is 0.0635 e. The summed E-state index contributed by atoms with van der Waals surface area (Å²) in [5, 5.41) is 10.5. The molecule has 0 aliphatic carbocycles. The summed E-state index contributed by atoms with van der Waals surface area (Å²) in [5.41, 5.74) is 1.05. The number of hydrogen-bond acceptors (Lipinski definition) is 2. The molecule has 2 nitrogen and oxygen atoms in total. The van der Waals surface area contributed by atoms with Crippen molar-refractivity contribution in [3.63, 3.8) is 0 Å². The Kier molecular flexibility index (Phi) is 3.95. The fourth-order valence-corrected chi connectivity index (χ4v) is 2.49. The molecule has 0 bridgehead atoms. The van der Waals surface area contributed by atoms with E-state index in [1.165, 1.54) is 6.42 Å². The van der Waals surface area contributed by atoms with Crippen molar-refractivity contribution < 1.29 is 5.11 Å². The largest absolute Gasteiger partial charge is 0.394 e. The van der Waals surface area contributed by atoms with E-state index in [-0.39, 0.29) is 12.6 Å². The molecule has 4 heteroatoms. The second-order valence-corrected chi connectivity index (χ2v) is 4.94. The number of hydrogen-bond donors (Lipinski definition) is 1. The smallest absolute Gasteiger partial charge is 0.0635 e. The number of halogens is 2. The number of nitrogens with zero attached hydrogens (tertiary/aromatic N) is 1. The summed E-state index contributed by atoms with van der Waals surface area (Å²) in [6.45, 7) is 1.17. The first-order valence-corrected chi connectivity index (χ1v) is 6.30. The molecule has 1 fully saturated rings. The molecular formula is C12H15Cl2NO. The van der Waals surface area contributed by atoms with Gasteiger partial charge in [-0.05, 0) is 37.5 Å². The first-order chi connectivity index (χ1) is 7.72. The zero-order valence-corrected chi connectivity index (χ0v) is 10.5. The number of rotatable bonds is 2. The Labute approximate surface area is 106 Å². The molecule has 0 amide bonds. The maximum absolute atomic E-state index is 9.35. The van der Waals surface area contributed by atoms with Gasteiger partial charge in [0.2, 0.25) is 0 Å². The zero-order chi connectivity index (χ0) is 11.5. The van der Waals surface area contributed by atoms with Crippen molar-refractivity contribution in [2.24, 2.45) is 0 Å². The molecule has 1 aromatic carbocycles. The summed E-state index contributed by atoms with van der Waals surface area (Å²) in [5.74, 6) is 0. The number of piperidine rings is 1. The molecule has 1 aliphatic rings. The third-order valence-electron chi connectivity index (χ3n) is 3.07. The first-order valence-electron chi connectivity index (χ1n) is 5.55. The summed E-state index contributed by atoms with van der Waals surface area (Å²) in [6, 6.07) is 5.86. The molecule has 1 aromatic rings. The van der Waals surface area contributed by atoms with Crippen LogP contribution in [0.25, 0.3) is 0 Å². The number of aliphatic hydroxyl groups excluding tert-OH is 1. The van der Waals surface area contributed by atoms with Crippen LogP contribution in [0.4, 0.5) is 5.69 Å². The van der Waals surface area contributed by atoms with E-state index >= 15 is 0 Å². The molecule has 2 rings (SSSR count). The van der Waals surface area contributed by atoms with Gasteiger partial charge in [-0.15, -0.1) is 0 Å². The lowest BCUT2D eigenvalue weighted by molar-refractivity contribution is 0.240. The van der Waals surface area contributed by atoms with Gasteiger partial charge in [0, 0.05) is 12.2 Å². The number of anilines is 1. The summed E-state index contributed by atoms with van der Waals surface area (Å²) in [7, 11) is 0.